The molecule has 1 aliphatic heterocycles. The van der Waals surface area contributed by atoms with Gasteiger partial charge >= 0.3 is 0 Å². The maximum Gasteiger partial charge on any atom is 0.0239 e. The molecule has 0 atom stereocenters. The van der Waals surface area contributed by atoms with Gasteiger partial charge in [0, 0.05) is 5.41 Å². The first-order chi connectivity index (χ1) is 11.7. The van der Waals surface area contributed by atoms with Crippen LogP contribution in [0.2, 0.25) is 0 Å². The van der Waals surface area contributed by atoms with E-state index in [2.05, 4.69) is 67.7 Å². The average molecular weight is 313 g/mol. The third-order valence-corrected chi connectivity index (χ3v) is 6.18. The fourth-order valence-corrected chi connectivity index (χ4v) is 5.03. The summed E-state index contributed by atoms with van der Waals surface area (Å²) in [6.45, 7) is 6.71. The highest BCUT2D eigenvalue weighted by molar-refractivity contribution is 6.04. The van der Waals surface area contributed by atoms with Crippen LogP contribution in [-0.2, 0) is 5.41 Å². The molecule has 1 nitrogen and oxygen atoms in total. The van der Waals surface area contributed by atoms with Crippen LogP contribution in [-0.4, -0.2) is 13.1 Å². The summed E-state index contributed by atoms with van der Waals surface area (Å²) in [5.74, 6) is 0. The first-order valence-electron chi connectivity index (χ1n) is 9.06. The highest BCUT2D eigenvalue weighted by Gasteiger charge is 2.44. The van der Waals surface area contributed by atoms with Gasteiger partial charge in [-0.15, -0.1) is 0 Å². The molecule has 1 heterocycles. The molecule has 0 bridgehead atoms. The van der Waals surface area contributed by atoms with E-state index in [-0.39, 0.29) is 5.41 Å². The maximum atomic E-state index is 3.56. The molecule has 1 heteroatoms. The molecular formula is C23H23N. The quantitative estimate of drug-likeness (QED) is 0.608. The molecule has 120 valence electrons. The van der Waals surface area contributed by atoms with Gasteiger partial charge in [0.15, 0.2) is 0 Å². The Hall–Kier alpha value is -2.12. The van der Waals surface area contributed by atoms with Crippen molar-refractivity contribution in [2.75, 3.05) is 13.1 Å². The van der Waals surface area contributed by atoms with Gasteiger partial charge in [0.2, 0.25) is 0 Å². The molecule has 1 N–H and O–H groups in total. The first-order valence-corrected chi connectivity index (χ1v) is 9.06. The van der Waals surface area contributed by atoms with E-state index in [4.69, 9.17) is 0 Å². The Morgan fingerprint density at radius 1 is 0.833 bits per heavy atom. The van der Waals surface area contributed by atoms with Crippen molar-refractivity contribution in [3.8, 4) is 11.1 Å². The van der Waals surface area contributed by atoms with Crippen LogP contribution in [0.4, 0.5) is 0 Å². The largest absolute Gasteiger partial charge is 0.317 e. The molecule has 1 spiro atoms. The molecule has 0 amide bonds. The zero-order valence-electron chi connectivity index (χ0n) is 14.4. The highest BCUT2D eigenvalue weighted by atomic mass is 14.9. The molecule has 0 radical (unpaired) electrons. The number of piperidine rings is 1. The van der Waals surface area contributed by atoms with Crippen LogP contribution >= 0.6 is 0 Å². The van der Waals surface area contributed by atoms with E-state index in [1.165, 1.54) is 45.9 Å². The fourth-order valence-electron chi connectivity index (χ4n) is 5.03. The second kappa shape index (κ2) is 4.94. The number of rotatable bonds is 0. The maximum absolute atomic E-state index is 3.56. The molecule has 1 fully saturated rings. The fraction of sp³-hybridized carbons (Fsp3) is 0.304. The summed E-state index contributed by atoms with van der Waals surface area (Å²) < 4.78 is 0. The molecule has 0 saturated carbocycles. The van der Waals surface area contributed by atoms with Gasteiger partial charge in [0.25, 0.3) is 0 Å². The summed E-state index contributed by atoms with van der Waals surface area (Å²) in [7, 11) is 0. The van der Waals surface area contributed by atoms with Gasteiger partial charge in [-0.1, -0.05) is 54.1 Å². The summed E-state index contributed by atoms with van der Waals surface area (Å²) >= 11 is 0. The summed E-state index contributed by atoms with van der Waals surface area (Å²) in [6.07, 6.45) is 2.41. The molecule has 1 aliphatic carbocycles. The molecule has 5 rings (SSSR count). The Morgan fingerprint density at radius 3 is 2.38 bits per heavy atom. The molecule has 0 aromatic heterocycles. The monoisotopic (exact) mass is 313 g/mol. The molecule has 0 unspecified atom stereocenters. The number of benzene rings is 3. The summed E-state index contributed by atoms with van der Waals surface area (Å²) in [6, 6.07) is 18.5. The molecule has 24 heavy (non-hydrogen) atoms. The Kier molecular flexibility index (Phi) is 2.93. The Bertz CT molecular complexity index is 961. The Balaban J connectivity index is 1.94. The van der Waals surface area contributed by atoms with Crippen molar-refractivity contribution in [1.82, 2.24) is 5.32 Å². The summed E-state index contributed by atoms with van der Waals surface area (Å²) in [5, 5.41) is 6.39. The number of nitrogens with one attached hydrogen (secondary N) is 1. The van der Waals surface area contributed by atoms with E-state index in [1.54, 1.807) is 11.1 Å². The minimum Gasteiger partial charge on any atom is -0.317 e. The van der Waals surface area contributed by atoms with Crippen LogP contribution in [0.1, 0.15) is 35.1 Å². The zero-order valence-corrected chi connectivity index (χ0v) is 14.4. The first kappa shape index (κ1) is 14.2. The van der Waals surface area contributed by atoms with Gasteiger partial charge in [-0.25, -0.2) is 0 Å². The number of fused-ring (bicyclic) bond motifs is 7. The second-order valence-corrected chi connectivity index (χ2v) is 7.54. The van der Waals surface area contributed by atoms with E-state index in [1.807, 2.05) is 0 Å². The smallest absolute Gasteiger partial charge is 0.0239 e. The lowest BCUT2D eigenvalue weighted by molar-refractivity contribution is 0.369. The van der Waals surface area contributed by atoms with Crippen molar-refractivity contribution in [3.63, 3.8) is 0 Å². The third-order valence-electron chi connectivity index (χ3n) is 6.18. The van der Waals surface area contributed by atoms with Gasteiger partial charge in [0.05, 0.1) is 0 Å². The lowest BCUT2D eigenvalue weighted by Crippen LogP contribution is -2.39. The van der Waals surface area contributed by atoms with Crippen LogP contribution < -0.4 is 5.32 Å². The molecule has 3 aromatic rings. The topological polar surface area (TPSA) is 12.0 Å². The van der Waals surface area contributed by atoms with Crippen molar-refractivity contribution in [1.29, 1.82) is 0 Å². The van der Waals surface area contributed by atoms with E-state index < -0.39 is 0 Å². The predicted octanol–water partition coefficient (Wildman–Crippen LogP) is 5.11. The minimum atomic E-state index is 0.205. The van der Waals surface area contributed by atoms with Crippen LogP contribution in [0, 0.1) is 13.8 Å². The van der Waals surface area contributed by atoms with E-state index in [0.29, 0.717) is 0 Å². The lowest BCUT2D eigenvalue weighted by atomic mass is 9.70. The highest BCUT2D eigenvalue weighted by Crippen LogP contribution is 2.55. The van der Waals surface area contributed by atoms with Gasteiger partial charge in [-0.2, -0.15) is 0 Å². The van der Waals surface area contributed by atoms with Crippen LogP contribution in [0.5, 0.6) is 0 Å². The van der Waals surface area contributed by atoms with Crippen molar-refractivity contribution < 1.29 is 0 Å². The second-order valence-electron chi connectivity index (χ2n) is 7.54. The minimum absolute atomic E-state index is 0.205. The van der Waals surface area contributed by atoms with Crippen molar-refractivity contribution in [2.45, 2.75) is 32.1 Å². The number of aryl methyl sites for hydroxylation is 2. The van der Waals surface area contributed by atoms with E-state index in [9.17, 15) is 0 Å². The van der Waals surface area contributed by atoms with Gasteiger partial charge in [-0.3, -0.25) is 0 Å². The van der Waals surface area contributed by atoms with Crippen molar-refractivity contribution >= 4 is 10.8 Å². The van der Waals surface area contributed by atoms with Crippen LogP contribution in [0.15, 0.2) is 48.5 Å². The van der Waals surface area contributed by atoms with Crippen molar-refractivity contribution in [2.24, 2.45) is 0 Å². The van der Waals surface area contributed by atoms with Gasteiger partial charge in [0.1, 0.15) is 0 Å². The Labute approximate surface area is 143 Å². The standard InChI is InChI=1S/C23H23N/c1-15-7-8-19-20(13-15)23(9-11-24-12-10-23)21-14-16(2)17-5-3-4-6-18(17)22(19)21/h3-8,13-14,24H,9-12H2,1-2H3. The number of hydrogen-bond acceptors (Lipinski definition) is 1. The normalized spacial score (nSPS) is 17.9. The Morgan fingerprint density at radius 2 is 1.58 bits per heavy atom. The molecule has 3 aromatic carbocycles. The average Bonchev–Trinajstić information content (AvgIpc) is 2.86. The summed E-state index contributed by atoms with van der Waals surface area (Å²) in [5.41, 5.74) is 9.08. The van der Waals surface area contributed by atoms with E-state index in [0.717, 1.165) is 13.1 Å². The predicted molar refractivity (Wildman–Crippen MR) is 102 cm³/mol. The van der Waals surface area contributed by atoms with Crippen molar-refractivity contribution in [3.05, 3.63) is 70.8 Å². The zero-order chi connectivity index (χ0) is 16.3. The van der Waals surface area contributed by atoms with Crippen LogP contribution in [0.3, 0.4) is 0 Å². The molecule has 2 aliphatic rings. The van der Waals surface area contributed by atoms with Crippen LogP contribution in [0.25, 0.3) is 21.9 Å². The molecule has 1 saturated heterocycles. The SMILES string of the molecule is Cc1ccc2c(c1)C1(CCNCC1)c1cc(C)c3ccccc3c1-2. The van der Waals surface area contributed by atoms with Gasteiger partial charge in [-0.05, 0) is 78.4 Å². The van der Waals surface area contributed by atoms with E-state index >= 15 is 0 Å². The lowest BCUT2D eigenvalue weighted by Gasteiger charge is -2.36. The third kappa shape index (κ3) is 1.74. The number of hydrogen-bond donors (Lipinski definition) is 1. The molecular weight excluding hydrogens is 290 g/mol. The van der Waals surface area contributed by atoms with Gasteiger partial charge < -0.3 is 5.32 Å². The summed E-state index contributed by atoms with van der Waals surface area (Å²) in [4.78, 5) is 0.